The predicted octanol–water partition coefficient (Wildman–Crippen LogP) is 1.82. The van der Waals surface area contributed by atoms with Crippen LogP contribution in [0, 0.1) is 0 Å². The molecule has 90 valence electrons. The van der Waals surface area contributed by atoms with Gasteiger partial charge in [-0.05, 0) is 13.1 Å². The number of methoxy groups -OCH3 is 1. The number of aryl methyl sites for hydroxylation is 1. The Morgan fingerprint density at radius 2 is 2.06 bits per heavy atom. The lowest BCUT2D eigenvalue weighted by atomic mass is 10.1. The predicted molar refractivity (Wildman–Crippen MR) is 68.0 cm³/mol. The van der Waals surface area contributed by atoms with E-state index in [1.807, 2.05) is 43.2 Å². The smallest absolute Gasteiger partial charge is 0.126 e. The average molecular weight is 231 g/mol. The van der Waals surface area contributed by atoms with Crippen molar-refractivity contribution in [3.63, 3.8) is 0 Å². The van der Waals surface area contributed by atoms with E-state index in [1.54, 1.807) is 7.11 Å². The van der Waals surface area contributed by atoms with Gasteiger partial charge in [0.2, 0.25) is 0 Å². The molecule has 4 nitrogen and oxygen atoms in total. The van der Waals surface area contributed by atoms with Crippen molar-refractivity contribution in [2.45, 2.75) is 6.54 Å². The molecule has 0 spiro atoms. The Balaban J connectivity index is 2.51. The molecule has 1 heterocycles. The van der Waals surface area contributed by atoms with Crippen LogP contribution in [0.25, 0.3) is 11.1 Å². The Labute approximate surface area is 101 Å². The molecule has 0 saturated heterocycles. The third kappa shape index (κ3) is 2.31. The Bertz CT molecular complexity index is 505. The first kappa shape index (κ1) is 11.7. The molecule has 0 radical (unpaired) electrons. The fraction of sp³-hybridized carbons (Fsp3) is 0.308. The van der Waals surface area contributed by atoms with Crippen molar-refractivity contribution in [2.75, 3.05) is 14.2 Å². The van der Waals surface area contributed by atoms with Gasteiger partial charge < -0.3 is 10.1 Å². The third-order valence-electron chi connectivity index (χ3n) is 2.65. The van der Waals surface area contributed by atoms with Gasteiger partial charge >= 0.3 is 0 Å². The van der Waals surface area contributed by atoms with Gasteiger partial charge in [-0.15, -0.1) is 0 Å². The highest BCUT2D eigenvalue weighted by Gasteiger charge is 2.12. The SMILES string of the molecule is CNCc1nn(C)cc1-c1ccccc1OC. The lowest BCUT2D eigenvalue weighted by Crippen LogP contribution is -2.07. The second kappa shape index (κ2) is 5.01. The Morgan fingerprint density at radius 3 is 2.76 bits per heavy atom. The normalized spacial score (nSPS) is 10.5. The van der Waals surface area contributed by atoms with Gasteiger partial charge in [0.05, 0.1) is 12.8 Å². The van der Waals surface area contributed by atoms with Crippen LogP contribution in [0.4, 0.5) is 0 Å². The van der Waals surface area contributed by atoms with Gasteiger partial charge in [-0.1, -0.05) is 18.2 Å². The summed E-state index contributed by atoms with van der Waals surface area (Å²) in [6.07, 6.45) is 2.02. The van der Waals surface area contributed by atoms with Crippen LogP contribution in [-0.2, 0) is 13.6 Å². The highest BCUT2D eigenvalue weighted by Crippen LogP contribution is 2.31. The molecular weight excluding hydrogens is 214 g/mol. The molecule has 0 amide bonds. The van der Waals surface area contributed by atoms with Crippen LogP contribution in [0.15, 0.2) is 30.5 Å². The van der Waals surface area contributed by atoms with Gasteiger partial charge in [0.25, 0.3) is 0 Å². The summed E-state index contributed by atoms with van der Waals surface area (Å²) in [6, 6.07) is 7.99. The number of ether oxygens (including phenoxy) is 1. The largest absolute Gasteiger partial charge is 0.496 e. The number of para-hydroxylation sites is 1. The minimum absolute atomic E-state index is 0.744. The number of nitrogens with one attached hydrogen (secondary N) is 1. The highest BCUT2D eigenvalue weighted by atomic mass is 16.5. The van der Waals surface area contributed by atoms with Gasteiger partial charge in [0.1, 0.15) is 5.75 Å². The number of benzene rings is 1. The standard InChI is InChI=1S/C13H17N3O/c1-14-8-12-11(9-16(2)15-12)10-6-4-5-7-13(10)17-3/h4-7,9,14H,8H2,1-3H3. The van der Waals surface area contributed by atoms with E-state index in [9.17, 15) is 0 Å². The Kier molecular flexibility index (Phi) is 3.44. The van der Waals surface area contributed by atoms with Gasteiger partial charge in [-0.2, -0.15) is 5.10 Å². The molecule has 0 aliphatic heterocycles. The van der Waals surface area contributed by atoms with E-state index >= 15 is 0 Å². The van der Waals surface area contributed by atoms with Crippen LogP contribution < -0.4 is 10.1 Å². The number of aromatic nitrogens is 2. The van der Waals surface area contributed by atoms with Crippen molar-refractivity contribution in [1.82, 2.24) is 15.1 Å². The third-order valence-corrected chi connectivity index (χ3v) is 2.65. The highest BCUT2D eigenvalue weighted by molar-refractivity contribution is 5.71. The summed E-state index contributed by atoms with van der Waals surface area (Å²) in [5.41, 5.74) is 3.21. The molecule has 1 N–H and O–H groups in total. The summed E-state index contributed by atoms with van der Waals surface area (Å²) in [4.78, 5) is 0. The minimum atomic E-state index is 0.744. The maximum Gasteiger partial charge on any atom is 0.126 e. The molecule has 0 bridgehead atoms. The molecule has 0 aliphatic rings. The van der Waals surface area contributed by atoms with Crippen molar-refractivity contribution in [2.24, 2.45) is 7.05 Å². The van der Waals surface area contributed by atoms with Gasteiger partial charge in [0.15, 0.2) is 0 Å². The summed E-state index contributed by atoms with van der Waals surface area (Å²) in [5, 5.41) is 7.58. The Morgan fingerprint density at radius 1 is 1.29 bits per heavy atom. The second-order valence-corrected chi connectivity index (χ2v) is 3.89. The first-order chi connectivity index (χ1) is 8.26. The van der Waals surface area contributed by atoms with E-state index in [0.29, 0.717) is 0 Å². The monoisotopic (exact) mass is 231 g/mol. The van der Waals surface area contributed by atoms with Gasteiger partial charge in [-0.3, -0.25) is 4.68 Å². The van der Waals surface area contributed by atoms with Crippen LogP contribution in [0.5, 0.6) is 5.75 Å². The molecule has 2 rings (SSSR count). The zero-order valence-electron chi connectivity index (χ0n) is 10.4. The van der Waals surface area contributed by atoms with Crippen LogP contribution in [0.2, 0.25) is 0 Å². The van der Waals surface area contributed by atoms with E-state index in [0.717, 1.165) is 29.1 Å². The van der Waals surface area contributed by atoms with Crippen LogP contribution >= 0.6 is 0 Å². The van der Waals surface area contributed by atoms with Crippen LogP contribution in [0.1, 0.15) is 5.69 Å². The molecule has 0 saturated carbocycles. The summed E-state index contributed by atoms with van der Waals surface area (Å²) < 4.78 is 7.21. The van der Waals surface area contributed by atoms with E-state index in [-0.39, 0.29) is 0 Å². The summed E-state index contributed by atoms with van der Waals surface area (Å²) in [7, 11) is 5.53. The number of nitrogens with zero attached hydrogens (tertiary/aromatic N) is 2. The second-order valence-electron chi connectivity index (χ2n) is 3.89. The summed E-state index contributed by atoms with van der Waals surface area (Å²) in [5.74, 6) is 0.873. The molecular formula is C13H17N3O. The fourth-order valence-corrected chi connectivity index (χ4v) is 1.92. The lowest BCUT2D eigenvalue weighted by molar-refractivity contribution is 0.416. The molecule has 0 fully saturated rings. The molecule has 0 atom stereocenters. The zero-order chi connectivity index (χ0) is 12.3. The first-order valence-corrected chi connectivity index (χ1v) is 5.56. The van der Waals surface area contributed by atoms with Crippen LogP contribution in [-0.4, -0.2) is 23.9 Å². The van der Waals surface area contributed by atoms with Gasteiger partial charge in [0, 0.05) is 30.9 Å². The summed E-state index contributed by atoms with van der Waals surface area (Å²) >= 11 is 0. The van der Waals surface area contributed by atoms with E-state index in [2.05, 4.69) is 16.5 Å². The van der Waals surface area contributed by atoms with Crippen molar-refractivity contribution in [1.29, 1.82) is 0 Å². The van der Waals surface area contributed by atoms with E-state index in [4.69, 9.17) is 4.74 Å². The molecule has 17 heavy (non-hydrogen) atoms. The molecule has 2 aromatic rings. The van der Waals surface area contributed by atoms with Crippen LogP contribution in [0.3, 0.4) is 0 Å². The van der Waals surface area contributed by atoms with Crippen molar-refractivity contribution in [3.05, 3.63) is 36.2 Å². The lowest BCUT2D eigenvalue weighted by Gasteiger charge is -2.07. The van der Waals surface area contributed by atoms with E-state index in [1.165, 1.54) is 0 Å². The fourth-order valence-electron chi connectivity index (χ4n) is 1.92. The average Bonchev–Trinajstić information content (AvgIpc) is 2.71. The zero-order valence-corrected chi connectivity index (χ0v) is 10.4. The van der Waals surface area contributed by atoms with Crippen molar-refractivity contribution < 1.29 is 4.74 Å². The summed E-state index contributed by atoms with van der Waals surface area (Å²) in [6.45, 7) is 0.744. The Hall–Kier alpha value is -1.81. The number of rotatable bonds is 4. The molecule has 4 heteroatoms. The maximum atomic E-state index is 5.38. The maximum absolute atomic E-state index is 5.38. The molecule has 1 aromatic heterocycles. The van der Waals surface area contributed by atoms with Gasteiger partial charge in [-0.25, -0.2) is 0 Å². The quantitative estimate of drug-likeness (QED) is 0.872. The minimum Gasteiger partial charge on any atom is -0.496 e. The van der Waals surface area contributed by atoms with Crippen molar-refractivity contribution >= 4 is 0 Å². The first-order valence-electron chi connectivity index (χ1n) is 5.56. The molecule has 0 unspecified atom stereocenters. The van der Waals surface area contributed by atoms with Crippen molar-refractivity contribution in [3.8, 4) is 16.9 Å². The number of hydrogen-bond acceptors (Lipinski definition) is 3. The number of hydrogen-bond donors (Lipinski definition) is 1. The molecule has 1 aromatic carbocycles. The van der Waals surface area contributed by atoms with E-state index < -0.39 is 0 Å². The molecule has 0 aliphatic carbocycles. The topological polar surface area (TPSA) is 39.1 Å².